The molecule has 0 radical (unpaired) electrons. The first-order valence-electron chi connectivity index (χ1n) is 10.4. The molecule has 1 aliphatic rings. The SMILES string of the molecule is CN(C(=O)OC(C)(C)C)C(=O)c1ccc(N(C2CCCC=C2CCOC=O)S(=O)[O-])c(Cl)c1. The van der Waals surface area contributed by atoms with Gasteiger partial charge in [0.1, 0.15) is 5.60 Å². The summed E-state index contributed by atoms with van der Waals surface area (Å²) in [6, 6.07) is 3.67. The molecule has 11 heteroatoms. The third-order valence-corrected chi connectivity index (χ3v) is 6.02. The maximum Gasteiger partial charge on any atom is 0.417 e. The molecule has 2 unspecified atom stereocenters. The molecular formula is C22H28ClN2O7S-. The van der Waals surface area contributed by atoms with Gasteiger partial charge in [-0.15, -0.1) is 0 Å². The molecule has 1 aromatic carbocycles. The van der Waals surface area contributed by atoms with Crippen molar-refractivity contribution in [1.82, 2.24) is 4.90 Å². The molecule has 2 rings (SSSR count). The maximum atomic E-state index is 12.7. The van der Waals surface area contributed by atoms with Gasteiger partial charge in [-0.2, -0.15) is 0 Å². The van der Waals surface area contributed by atoms with Gasteiger partial charge in [-0.25, -0.2) is 9.69 Å². The van der Waals surface area contributed by atoms with Crippen molar-refractivity contribution < 1.29 is 32.6 Å². The third-order valence-electron chi connectivity index (χ3n) is 4.94. The lowest BCUT2D eigenvalue weighted by Gasteiger charge is -2.38. The first kappa shape index (κ1) is 26.8. The molecular weight excluding hydrogens is 472 g/mol. The van der Waals surface area contributed by atoms with Crippen LogP contribution in [0.1, 0.15) is 56.8 Å². The monoisotopic (exact) mass is 499 g/mol. The van der Waals surface area contributed by atoms with Crippen LogP contribution in [0.3, 0.4) is 0 Å². The van der Waals surface area contributed by atoms with Crippen molar-refractivity contribution in [3.05, 3.63) is 40.4 Å². The number of imide groups is 1. The molecule has 0 fully saturated rings. The summed E-state index contributed by atoms with van der Waals surface area (Å²) in [5, 5.41) is 0.0386. The smallest absolute Gasteiger partial charge is 0.417 e. The summed E-state index contributed by atoms with van der Waals surface area (Å²) in [6.45, 7) is 5.55. The molecule has 0 saturated heterocycles. The average molecular weight is 500 g/mol. The summed E-state index contributed by atoms with van der Waals surface area (Å²) in [5.41, 5.74) is 0.365. The van der Waals surface area contributed by atoms with Crippen LogP contribution in [0.2, 0.25) is 5.02 Å². The highest BCUT2D eigenvalue weighted by Gasteiger charge is 2.29. The van der Waals surface area contributed by atoms with Crippen molar-refractivity contribution >= 4 is 47.0 Å². The lowest BCUT2D eigenvalue weighted by atomic mass is 9.91. The number of nitrogens with zero attached hydrogens (tertiary/aromatic N) is 2. The number of hydrogen-bond acceptors (Lipinski definition) is 7. The second kappa shape index (κ2) is 11.6. The standard InChI is InChI=1S/C22H29ClN2O7S/c1-22(2,3)32-21(28)24(4)20(27)16-9-10-19(17(23)13-16)25(33(29)30)18-8-6-5-7-15(18)11-12-31-14-26/h7,9-10,13-14,18H,5-6,8,11-12H2,1-4H3,(H,29,30)/p-1. The molecule has 0 heterocycles. The number of anilines is 1. The fraction of sp³-hybridized carbons (Fsp3) is 0.500. The Morgan fingerprint density at radius 2 is 2.03 bits per heavy atom. The van der Waals surface area contributed by atoms with Crippen LogP contribution in [0.15, 0.2) is 29.8 Å². The van der Waals surface area contributed by atoms with E-state index in [0.717, 1.165) is 23.3 Å². The van der Waals surface area contributed by atoms with Gasteiger partial charge in [0.05, 0.1) is 23.4 Å². The minimum absolute atomic E-state index is 0.0386. The van der Waals surface area contributed by atoms with E-state index in [2.05, 4.69) is 0 Å². The van der Waals surface area contributed by atoms with Crippen LogP contribution in [-0.4, -0.2) is 57.4 Å². The summed E-state index contributed by atoms with van der Waals surface area (Å²) in [4.78, 5) is 36.2. The molecule has 0 saturated carbocycles. The zero-order valence-corrected chi connectivity index (χ0v) is 20.6. The van der Waals surface area contributed by atoms with Crippen molar-refractivity contribution in [2.45, 2.75) is 58.1 Å². The predicted molar refractivity (Wildman–Crippen MR) is 124 cm³/mol. The third kappa shape index (κ3) is 7.28. The van der Waals surface area contributed by atoms with Crippen LogP contribution in [0.25, 0.3) is 0 Å². The van der Waals surface area contributed by atoms with Crippen molar-refractivity contribution in [2.24, 2.45) is 0 Å². The fourth-order valence-electron chi connectivity index (χ4n) is 3.46. The highest BCUT2D eigenvalue weighted by molar-refractivity contribution is 7.80. The molecule has 1 aliphatic carbocycles. The van der Waals surface area contributed by atoms with Gasteiger partial charge in [0.15, 0.2) is 0 Å². The van der Waals surface area contributed by atoms with E-state index < -0.39 is 34.9 Å². The van der Waals surface area contributed by atoms with Gasteiger partial charge < -0.3 is 14.0 Å². The summed E-state index contributed by atoms with van der Waals surface area (Å²) in [6.07, 6.45) is 3.68. The molecule has 2 amide bonds. The van der Waals surface area contributed by atoms with Crippen molar-refractivity contribution in [3.63, 3.8) is 0 Å². The first-order valence-corrected chi connectivity index (χ1v) is 11.8. The Kier molecular flexibility index (Phi) is 9.45. The average Bonchev–Trinajstić information content (AvgIpc) is 2.73. The highest BCUT2D eigenvalue weighted by atomic mass is 35.5. The molecule has 0 aromatic heterocycles. The van der Waals surface area contributed by atoms with Crippen LogP contribution in [-0.2, 0) is 25.5 Å². The Morgan fingerprint density at radius 1 is 1.33 bits per heavy atom. The zero-order valence-electron chi connectivity index (χ0n) is 19.0. The van der Waals surface area contributed by atoms with E-state index in [9.17, 15) is 23.1 Å². The van der Waals surface area contributed by atoms with Crippen LogP contribution in [0, 0.1) is 0 Å². The van der Waals surface area contributed by atoms with Gasteiger partial charge in [-0.05, 0) is 63.8 Å². The Balaban J connectivity index is 2.30. The topological polar surface area (TPSA) is 116 Å². The second-order valence-corrected chi connectivity index (χ2v) is 9.73. The summed E-state index contributed by atoms with van der Waals surface area (Å²) >= 11 is 3.75. The van der Waals surface area contributed by atoms with Crippen molar-refractivity contribution in [2.75, 3.05) is 18.0 Å². The van der Waals surface area contributed by atoms with Crippen LogP contribution in [0.5, 0.6) is 0 Å². The van der Waals surface area contributed by atoms with Crippen molar-refractivity contribution in [3.8, 4) is 0 Å². The molecule has 1 aromatic rings. The van der Waals surface area contributed by atoms with Crippen LogP contribution in [0.4, 0.5) is 10.5 Å². The number of halogens is 1. The van der Waals surface area contributed by atoms with Gasteiger partial charge in [0, 0.05) is 30.3 Å². The van der Waals surface area contributed by atoms with Gasteiger partial charge in [-0.3, -0.25) is 18.1 Å². The molecule has 0 N–H and O–H groups in total. The molecule has 182 valence electrons. The number of ether oxygens (including phenoxy) is 2. The number of hydrogen-bond donors (Lipinski definition) is 0. The molecule has 33 heavy (non-hydrogen) atoms. The minimum atomic E-state index is -2.66. The Hall–Kier alpha value is -2.43. The number of allylic oxidation sites excluding steroid dienone is 1. The van der Waals surface area contributed by atoms with Gasteiger partial charge in [0.2, 0.25) is 0 Å². The summed E-state index contributed by atoms with van der Waals surface area (Å²) < 4.78 is 35.5. The lowest BCUT2D eigenvalue weighted by Crippen LogP contribution is -2.40. The fourth-order valence-corrected chi connectivity index (χ4v) is 4.55. The van der Waals surface area contributed by atoms with Gasteiger partial charge >= 0.3 is 6.09 Å². The molecule has 0 spiro atoms. The number of rotatable bonds is 8. The quantitative estimate of drug-likeness (QED) is 0.230. The first-order chi connectivity index (χ1) is 15.5. The van der Waals surface area contributed by atoms with Crippen LogP contribution < -0.4 is 4.31 Å². The predicted octanol–water partition coefficient (Wildman–Crippen LogP) is 3.99. The lowest BCUT2D eigenvalue weighted by molar-refractivity contribution is -0.128. The Labute approximate surface area is 201 Å². The van der Waals surface area contributed by atoms with E-state index in [1.165, 1.54) is 29.6 Å². The Morgan fingerprint density at radius 3 is 2.61 bits per heavy atom. The van der Waals surface area contributed by atoms with E-state index in [-0.39, 0.29) is 22.9 Å². The number of carbonyl (C=O) groups is 3. The van der Waals surface area contributed by atoms with Gasteiger partial charge in [0.25, 0.3) is 12.4 Å². The molecule has 0 bridgehead atoms. The van der Waals surface area contributed by atoms with E-state index in [1.54, 1.807) is 20.8 Å². The second-order valence-electron chi connectivity index (χ2n) is 8.50. The van der Waals surface area contributed by atoms with Crippen LogP contribution >= 0.6 is 11.6 Å². The zero-order chi connectivity index (χ0) is 24.8. The van der Waals surface area contributed by atoms with E-state index >= 15 is 0 Å². The Bertz CT molecular complexity index is 945. The van der Waals surface area contributed by atoms with E-state index in [4.69, 9.17) is 21.1 Å². The minimum Gasteiger partial charge on any atom is -0.755 e. The number of amides is 2. The largest absolute Gasteiger partial charge is 0.755 e. The van der Waals surface area contributed by atoms with E-state index in [1.807, 2.05) is 6.08 Å². The number of benzene rings is 1. The molecule has 9 nitrogen and oxygen atoms in total. The van der Waals surface area contributed by atoms with E-state index in [0.29, 0.717) is 19.3 Å². The molecule has 2 atom stereocenters. The summed E-state index contributed by atoms with van der Waals surface area (Å²) in [7, 11) is 1.29. The van der Waals surface area contributed by atoms with Crippen molar-refractivity contribution in [1.29, 1.82) is 0 Å². The highest BCUT2D eigenvalue weighted by Crippen LogP contribution is 2.35. The maximum absolute atomic E-state index is 12.7. The normalized spacial score (nSPS) is 16.9. The molecule has 0 aliphatic heterocycles. The number of carbonyl (C=O) groups excluding carboxylic acids is 3. The van der Waals surface area contributed by atoms with Gasteiger partial charge in [-0.1, -0.05) is 17.7 Å². The summed E-state index contributed by atoms with van der Waals surface area (Å²) in [5.74, 6) is -0.642.